The fourth-order valence-electron chi connectivity index (χ4n) is 3.37. The fraction of sp³-hybridized carbons (Fsp3) is 0.500. The lowest BCUT2D eigenvalue weighted by Crippen LogP contribution is -2.33. The zero-order valence-corrected chi connectivity index (χ0v) is 9.49. The molecule has 16 heavy (non-hydrogen) atoms. The van der Waals surface area contributed by atoms with Crippen molar-refractivity contribution in [1.29, 1.82) is 0 Å². The van der Waals surface area contributed by atoms with Crippen LogP contribution in [0, 0.1) is 12.8 Å². The topological polar surface area (TPSA) is 37.3 Å². The summed E-state index contributed by atoms with van der Waals surface area (Å²) in [6, 6.07) is 6.35. The molecule has 0 heterocycles. The third kappa shape index (κ3) is 1.16. The van der Waals surface area contributed by atoms with Crippen LogP contribution in [-0.2, 0) is 16.6 Å². The minimum atomic E-state index is -0.607. The largest absolute Gasteiger partial charge is 0.481 e. The highest BCUT2D eigenvalue weighted by molar-refractivity contribution is 5.74. The third-order valence-corrected chi connectivity index (χ3v) is 4.38. The number of hydrogen-bond donors (Lipinski definition) is 1. The van der Waals surface area contributed by atoms with Crippen LogP contribution in [0.2, 0.25) is 0 Å². The Morgan fingerprint density at radius 2 is 2.19 bits per heavy atom. The van der Waals surface area contributed by atoms with E-state index in [0.717, 1.165) is 25.7 Å². The molecule has 1 atom stereocenters. The van der Waals surface area contributed by atoms with Gasteiger partial charge in [-0.15, -0.1) is 0 Å². The Morgan fingerprint density at radius 1 is 1.44 bits per heavy atom. The maximum Gasteiger partial charge on any atom is 0.307 e. The van der Waals surface area contributed by atoms with Gasteiger partial charge in [-0.1, -0.05) is 18.2 Å². The van der Waals surface area contributed by atoms with Crippen LogP contribution in [0.4, 0.5) is 0 Å². The number of aliphatic carboxylic acids is 1. The molecule has 2 aliphatic carbocycles. The second kappa shape index (κ2) is 3.09. The molecule has 84 valence electrons. The van der Waals surface area contributed by atoms with Crippen LogP contribution in [0.1, 0.15) is 36.0 Å². The van der Waals surface area contributed by atoms with E-state index in [1.165, 1.54) is 16.7 Å². The van der Waals surface area contributed by atoms with E-state index in [-0.39, 0.29) is 11.3 Å². The first kappa shape index (κ1) is 9.88. The van der Waals surface area contributed by atoms with Crippen LogP contribution in [0.15, 0.2) is 18.2 Å². The Balaban J connectivity index is 2.13. The van der Waals surface area contributed by atoms with E-state index in [1.807, 2.05) is 0 Å². The Hall–Kier alpha value is -1.31. The Morgan fingerprint density at radius 3 is 2.81 bits per heavy atom. The minimum absolute atomic E-state index is 0.00850. The predicted molar refractivity (Wildman–Crippen MR) is 61.5 cm³/mol. The van der Waals surface area contributed by atoms with Gasteiger partial charge in [0.25, 0.3) is 0 Å². The Kier molecular flexibility index (Phi) is 1.91. The molecular weight excluding hydrogens is 200 g/mol. The van der Waals surface area contributed by atoms with Gasteiger partial charge in [0.2, 0.25) is 0 Å². The van der Waals surface area contributed by atoms with Crippen LogP contribution >= 0.6 is 0 Å². The van der Waals surface area contributed by atoms with Crippen molar-refractivity contribution in [1.82, 2.24) is 0 Å². The Bertz CT molecular complexity index is 458. The van der Waals surface area contributed by atoms with Crippen molar-refractivity contribution in [3.8, 4) is 0 Å². The SMILES string of the molecule is Cc1cccc2c1CCC(C(=O)O)C21CC1. The smallest absolute Gasteiger partial charge is 0.307 e. The van der Waals surface area contributed by atoms with E-state index in [9.17, 15) is 9.90 Å². The first-order valence-electron chi connectivity index (χ1n) is 5.97. The average molecular weight is 216 g/mol. The molecule has 1 fully saturated rings. The Labute approximate surface area is 95.3 Å². The number of hydrogen-bond acceptors (Lipinski definition) is 1. The quantitative estimate of drug-likeness (QED) is 0.783. The van der Waals surface area contributed by atoms with E-state index in [0.29, 0.717) is 0 Å². The van der Waals surface area contributed by atoms with E-state index >= 15 is 0 Å². The molecule has 0 aliphatic heterocycles. The number of carboxylic acids is 1. The summed E-state index contributed by atoms with van der Waals surface area (Å²) >= 11 is 0. The van der Waals surface area contributed by atoms with Crippen molar-refractivity contribution in [2.75, 3.05) is 0 Å². The van der Waals surface area contributed by atoms with Crippen LogP contribution < -0.4 is 0 Å². The van der Waals surface area contributed by atoms with E-state index < -0.39 is 5.97 Å². The molecule has 1 N–H and O–H groups in total. The number of rotatable bonds is 1. The first-order valence-corrected chi connectivity index (χ1v) is 5.97. The summed E-state index contributed by atoms with van der Waals surface area (Å²) < 4.78 is 0. The van der Waals surface area contributed by atoms with Crippen LogP contribution in [0.5, 0.6) is 0 Å². The highest BCUT2D eigenvalue weighted by Crippen LogP contribution is 2.58. The minimum Gasteiger partial charge on any atom is -0.481 e. The highest BCUT2D eigenvalue weighted by Gasteiger charge is 2.56. The number of carboxylic acid groups (broad SMARTS) is 1. The summed E-state index contributed by atoms with van der Waals surface area (Å²) in [6.45, 7) is 2.13. The number of aryl methyl sites for hydroxylation is 1. The summed E-state index contributed by atoms with van der Waals surface area (Å²) in [5, 5.41) is 9.31. The maximum absolute atomic E-state index is 11.3. The zero-order chi connectivity index (χ0) is 11.3. The van der Waals surface area contributed by atoms with Crippen LogP contribution in [0.3, 0.4) is 0 Å². The third-order valence-electron chi connectivity index (χ3n) is 4.38. The first-order chi connectivity index (χ1) is 7.65. The van der Waals surface area contributed by atoms with E-state index in [2.05, 4.69) is 25.1 Å². The summed E-state index contributed by atoms with van der Waals surface area (Å²) in [6.07, 6.45) is 3.86. The summed E-state index contributed by atoms with van der Waals surface area (Å²) in [7, 11) is 0. The van der Waals surface area contributed by atoms with Gasteiger partial charge in [-0.3, -0.25) is 4.79 Å². The van der Waals surface area contributed by atoms with Gasteiger partial charge in [0, 0.05) is 5.41 Å². The molecule has 0 aromatic heterocycles. The van der Waals surface area contributed by atoms with E-state index in [1.54, 1.807) is 0 Å². The standard InChI is InChI=1S/C14H16O2/c1-9-3-2-4-11-10(9)5-6-12(13(15)16)14(11)7-8-14/h2-4,12H,5-8H2,1H3,(H,15,16). The average Bonchev–Trinajstić information content (AvgIpc) is 3.01. The van der Waals surface area contributed by atoms with Gasteiger partial charge < -0.3 is 5.11 Å². The molecule has 1 spiro atoms. The van der Waals surface area contributed by atoms with Crippen molar-refractivity contribution in [3.63, 3.8) is 0 Å². The monoisotopic (exact) mass is 216 g/mol. The predicted octanol–water partition coefficient (Wildman–Crippen LogP) is 2.67. The number of benzene rings is 1. The van der Waals surface area contributed by atoms with Crippen LogP contribution in [0.25, 0.3) is 0 Å². The molecule has 0 bridgehead atoms. The van der Waals surface area contributed by atoms with Crippen molar-refractivity contribution >= 4 is 5.97 Å². The second-order valence-electron chi connectivity index (χ2n) is 5.19. The lowest BCUT2D eigenvalue weighted by atomic mass is 9.71. The van der Waals surface area contributed by atoms with E-state index in [4.69, 9.17) is 0 Å². The van der Waals surface area contributed by atoms with Gasteiger partial charge in [0.1, 0.15) is 0 Å². The van der Waals surface area contributed by atoms with Gasteiger partial charge >= 0.3 is 5.97 Å². The molecule has 0 radical (unpaired) electrons. The number of carbonyl (C=O) groups is 1. The molecule has 1 unspecified atom stereocenters. The molecule has 0 amide bonds. The molecule has 2 aliphatic rings. The van der Waals surface area contributed by atoms with Crippen molar-refractivity contribution in [2.45, 2.75) is 38.0 Å². The van der Waals surface area contributed by atoms with Crippen molar-refractivity contribution < 1.29 is 9.90 Å². The van der Waals surface area contributed by atoms with Gasteiger partial charge in [-0.25, -0.2) is 0 Å². The molecule has 0 saturated heterocycles. The summed E-state index contributed by atoms with van der Waals surface area (Å²) in [4.78, 5) is 11.3. The zero-order valence-electron chi connectivity index (χ0n) is 9.49. The summed E-state index contributed by atoms with van der Waals surface area (Å²) in [5.74, 6) is -0.758. The van der Waals surface area contributed by atoms with Gasteiger partial charge in [-0.05, 0) is 49.3 Å². The fourth-order valence-corrected chi connectivity index (χ4v) is 3.37. The second-order valence-corrected chi connectivity index (χ2v) is 5.19. The van der Waals surface area contributed by atoms with Crippen LogP contribution in [-0.4, -0.2) is 11.1 Å². The molecule has 2 nitrogen and oxygen atoms in total. The van der Waals surface area contributed by atoms with Crippen molar-refractivity contribution in [3.05, 3.63) is 34.9 Å². The highest BCUT2D eigenvalue weighted by atomic mass is 16.4. The molecule has 1 aromatic rings. The lowest BCUT2D eigenvalue weighted by Gasteiger charge is -2.32. The lowest BCUT2D eigenvalue weighted by molar-refractivity contribution is -0.143. The molecule has 3 rings (SSSR count). The molecular formula is C14H16O2. The van der Waals surface area contributed by atoms with Gasteiger partial charge in [0.15, 0.2) is 0 Å². The molecule has 1 aromatic carbocycles. The van der Waals surface area contributed by atoms with Crippen molar-refractivity contribution in [2.24, 2.45) is 5.92 Å². The van der Waals surface area contributed by atoms with Gasteiger partial charge in [0.05, 0.1) is 5.92 Å². The maximum atomic E-state index is 11.3. The summed E-state index contributed by atoms with van der Waals surface area (Å²) in [5.41, 5.74) is 4.06. The van der Waals surface area contributed by atoms with Gasteiger partial charge in [-0.2, -0.15) is 0 Å². The number of fused-ring (bicyclic) bond motifs is 2. The normalized spacial score (nSPS) is 25.2. The molecule has 2 heteroatoms. The molecule has 1 saturated carbocycles.